The Morgan fingerprint density at radius 2 is 2.44 bits per heavy atom. The summed E-state index contributed by atoms with van der Waals surface area (Å²) in [6.07, 6.45) is 4.48. The fourth-order valence-electron chi connectivity index (χ4n) is 2.07. The molecule has 1 fully saturated rings. The molecule has 16 heavy (non-hydrogen) atoms. The van der Waals surface area contributed by atoms with Crippen LogP contribution in [0, 0.1) is 5.92 Å². The largest absolute Gasteiger partial charge is 0.302 e. The minimum atomic E-state index is -2.48. The number of nitrogens with zero attached hydrogens (tertiary/aromatic N) is 2. The van der Waals surface area contributed by atoms with E-state index >= 15 is 0 Å². The highest BCUT2D eigenvalue weighted by Crippen LogP contribution is 2.32. The van der Waals surface area contributed by atoms with Gasteiger partial charge in [-0.1, -0.05) is 6.92 Å². The van der Waals surface area contributed by atoms with Gasteiger partial charge in [-0.2, -0.15) is 5.10 Å². The second-order valence-electron chi connectivity index (χ2n) is 4.57. The predicted molar refractivity (Wildman–Crippen MR) is 57.5 cm³/mol. The first-order valence-electron chi connectivity index (χ1n) is 5.66. The molecule has 5 heteroatoms. The normalized spacial score (nSPS) is 25.8. The summed E-state index contributed by atoms with van der Waals surface area (Å²) >= 11 is 0. The molecule has 2 rings (SSSR count). The Morgan fingerprint density at radius 3 is 3.06 bits per heavy atom. The average Bonchev–Trinajstić information content (AvgIpc) is 2.73. The van der Waals surface area contributed by atoms with E-state index in [0.717, 1.165) is 18.5 Å². The number of H-pyrrole nitrogens is 1. The van der Waals surface area contributed by atoms with E-state index in [2.05, 4.69) is 15.1 Å². The van der Waals surface area contributed by atoms with Gasteiger partial charge < -0.3 is 4.90 Å². The lowest BCUT2D eigenvalue weighted by molar-refractivity contribution is -0.0985. The summed E-state index contributed by atoms with van der Waals surface area (Å²) in [5.74, 6) is -3.02. The smallest absolute Gasteiger partial charge is 0.253 e. The van der Waals surface area contributed by atoms with Crippen LogP contribution < -0.4 is 0 Å². The Hall–Kier alpha value is -0.970. The van der Waals surface area contributed by atoms with Crippen LogP contribution in [0.3, 0.4) is 0 Å². The van der Waals surface area contributed by atoms with Gasteiger partial charge in [-0.05, 0) is 12.0 Å². The summed E-state index contributed by atoms with van der Waals surface area (Å²) in [7, 11) is 0. The SMILES string of the molecule is CC1CN(CCc2cn[nH]c2)CCC1(F)F. The second-order valence-corrected chi connectivity index (χ2v) is 4.57. The Bertz CT molecular complexity index is 324. The first-order chi connectivity index (χ1) is 7.58. The summed E-state index contributed by atoms with van der Waals surface area (Å²) in [6.45, 7) is 3.45. The Labute approximate surface area is 93.8 Å². The van der Waals surface area contributed by atoms with Gasteiger partial charge in [0.25, 0.3) is 5.92 Å². The maximum Gasteiger partial charge on any atom is 0.253 e. The van der Waals surface area contributed by atoms with Gasteiger partial charge in [0.1, 0.15) is 0 Å². The first-order valence-corrected chi connectivity index (χ1v) is 5.66. The highest BCUT2D eigenvalue weighted by Gasteiger charge is 2.40. The maximum absolute atomic E-state index is 13.2. The average molecular weight is 229 g/mol. The number of hydrogen-bond acceptors (Lipinski definition) is 2. The third kappa shape index (κ3) is 2.58. The summed E-state index contributed by atoms with van der Waals surface area (Å²) in [4.78, 5) is 2.11. The molecular weight excluding hydrogens is 212 g/mol. The summed E-state index contributed by atoms with van der Waals surface area (Å²) in [5, 5.41) is 6.61. The molecule has 0 spiro atoms. The van der Waals surface area contributed by atoms with Gasteiger partial charge in [0.15, 0.2) is 0 Å². The van der Waals surface area contributed by atoms with Crippen molar-refractivity contribution < 1.29 is 8.78 Å². The van der Waals surface area contributed by atoms with Crippen molar-refractivity contribution in [3.63, 3.8) is 0 Å². The molecule has 1 aromatic heterocycles. The molecule has 1 aliphatic heterocycles. The quantitative estimate of drug-likeness (QED) is 0.858. The van der Waals surface area contributed by atoms with Crippen LogP contribution in [0.5, 0.6) is 0 Å². The second kappa shape index (κ2) is 4.49. The fraction of sp³-hybridized carbons (Fsp3) is 0.727. The van der Waals surface area contributed by atoms with E-state index in [1.807, 2.05) is 6.20 Å². The number of hydrogen-bond donors (Lipinski definition) is 1. The van der Waals surface area contributed by atoms with Crippen LogP contribution in [0.15, 0.2) is 12.4 Å². The van der Waals surface area contributed by atoms with Crippen molar-refractivity contribution in [2.75, 3.05) is 19.6 Å². The van der Waals surface area contributed by atoms with E-state index < -0.39 is 11.8 Å². The molecule has 1 aromatic rings. The molecule has 1 saturated heterocycles. The van der Waals surface area contributed by atoms with Crippen LogP contribution in [-0.4, -0.2) is 40.7 Å². The predicted octanol–water partition coefficient (Wildman–Crippen LogP) is 1.93. The van der Waals surface area contributed by atoms with Crippen molar-refractivity contribution in [3.8, 4) is 0 Å². The van der Waals surface area contributed by atoms with Gasteiger partial charge in [0.2, 0.25) is 0 Å². The van der Waals surface area contributed by atoms with Crippen molar-refractivity contribution in [1.82, 2.24) is 15.1 Å². The molecule has 1 aliphatic rings. The van der Waals surface area contributed by atoms with Gasteiger partial charge in [-0.25, -0.2) is 8.78 Å². The number of aromatic amines is 1. The van der Waals surface area contributed by atoms with Crippen molar-refractivity contribution >= 4 is 0 Å². The number of rotatable bonds is 3. The van der Waals surface area contributed by atoms with Crippen LogP contribution in [0.1, 0.15) is 18.9 Å². The molecule has 1 atom stereocenters. The fourth-order valence-corrected chi connectivity index (χ4v) is 2.07. The maximum atomic E-state index is 13.2. The van der Waals surface area contributed by atoms with E-state index in [9.17, 15) is 8.78 Å². The molecule has 0 amide bonds. The Kier molecular flexibility index (Phi) is 3.23. The van der Waals surface area contributed by atoms with Crippen LogP contribution >= 0.6 is 0 Å². The zero-order valence-electron chi connectivity index (χ0n) is 9.42. The van der Waals surface area contributed by atoms with Crippen LogP contribution in [0.25, 0.3) is 0 Å². The molecule has 0 aromatic carbocycles. The highest BCUT2D eigenvalue weighted by molar-refractivity contribution is 5.03. The third-order valence-electron chi connectivity index (χ3n) is 3.29. The molecule has 0 radical (unpaired) electrons. The van der Waals surface area contributed by atoms with Gasteiger partial charge in [0.05, 0.1) is 6.20 Å². The molecule has 2 heterocycles. The van der Waals surface area contributed by atoms with Crippen molar-refractivity contribution in [1.29, 1.82) is 0 Å². The molecular formula is C11H17F2N3. The van der Waals surface area contributed by atoms with E-state index in [4.69, 9.17) is 0 Å². The topological polar surface area (TPSA) is 31.9 Å². The van der Waals surface area contributed by atoms with Crippen molar-refractivity contribution in [2.24, 2.45) is 5.92 Å². The zero-order chi connectivity index (χ0) is 11.6. The minimum absolute atomic E-state index is 0.0143. The number of nitrogens with one attached hydrogen (secondary N) is 1. The van der Waals surface area contributed by atoms with Gasteiger partial charge in [-0.3, -0.25) is 5.10 Å². The third-order valence-corrected chi connectivity index (χ3v) is 3.29. The van der Waals surface area contributed by atoms with Crippen LogP contribution in [0.2, 0.25) is 0 Å². The molecule has 3 nitrogen and oxygen atoms in total. The Balaban J connectivity index is 1.80. The molecule has 0 aliphatic carbocycles. The summed E-state index contributed by atoms with van der Waals surface area (Å²) < 4.78 is 26.5. The van der Waals surface area contributed by atoms with E-state index in [0.29, 0.717) is 13.1 Å². The number of aromatic nitrogens is 2. The van der Waals surface area contributed by atoms with E-state index in [1.54, 1.807) is 13.1 Å². The number of likely N-dealkylation sites (tertiary alicyclic amines) is 1. The highest BCUT2D eigenvalue weighted by atomic mass is 19.3. The number of alkyl halides is 2. The lowest BCUT2D eigenvalue weighted by atomic mass is 9.95. The molecule has 90 valence electrons. The zero-order valence-corrected chi connectivity index (χ0v) is 9.42. The van der Waals surface area contributed by atoms with Gasteiger partial charge in [-0.15, -0.1) is 0 Å². The van der Waals surface area contributed by atoms with Crippen LogP contribution in [-0.2, 0) is 6.42 Å². The molecule has 1 N–H and O–H groups in total. The van der Waals surface area contributed by atoms with E-state index in [1.165, 1.54) is 0 Å². The monoisotopic (exact) mass is 229 g/mol. The van der Waals surface area contributed by atoms with Crippen molar-refractivity contribution in [2.45, 2.75) is 25.7 Å². The van der Waals surface area contributed by atoms with Gasteiger partial charge in [0, 0.05) is 38.2 Å². The summed E-state index contributed by atoms with van der Waals surface area (Å²) in [6, 6.07) is 0. The molecule has 0 bridgehead atoms. The number of piperidine rings is 1. The van der Waals surface area contributed by atoms with Crippen molar-refractivity contribution in [3.05, 3.63) is 18.0 Å². The number of halogens is 2. The standard InChI is InChI=1S/C11H17F2N3/c1-9-8-16(5-3-11(9,12)13)4-2-10-6-14-15-7-10/h6-7,9H,2-5,8H2,1H3,(H,14,15). The minimum Gasteiger partial charge on any atom is -0.302 e. The lowest BCUT2D eigenvalue weighted by Gasteiger charge is -2.36. The molecule has 1 unspecified atom stereocenters. The van der Waals surface area contributed by atoms with E-state index in [-0.39, 0.29) is 6.42 Å². The van der Waals surface area contributed by atoms with Crippen LogP contribution in [0.4, 0.5) is 8.78 Å². The summed E-state index contributed by atoms with van der Waals surface area (Å²) in [5.41, 5.74) is 1.13. The molecule has 0 saturated carbocycles. The first kappa shape index (κ1) is 11.5. The lowest BCUT2D eigenvalue weighted by Crippen LogP contribution is -2.46. The van der Waals surface area contributed by atoms with Gasteiger partial charge >= 0.3 is 0 Å². The Morgan fingerprint density at radius 1 is 1.62 bits per heavy atom.